The SMILES string of the molecule is CCN(CC1(CC)CCNCC1)c1ccc(C)cc1. The van der Waals surface area contributed by atoms with Crippen LogP contribution in [0.1, 0.15) is 38.7 Å². The van der Waals surface area contributed by atoms with Gasteiger partial charge in [0.25, 0.3) is 0 Å². The molecule has 1 saturated heterocycles. The summed E-state index contributed by atoms with van der Waals surface area (Å²) in [7, 11) is 0. The van der Waals surface area contributed by atoms with Crippen LogP contribution in [0.25, 0.3) is 0 Å². The van der Waals surface area contributed by atoms with Gasteiger partial charge in [0, 0.05) is 18.8 Å². The third kappa shape index (κ3) is 3.50. The molecule has 1 aromatic carbocycles. The van der Waals surface area contributed by atoms with Crippen molar-refractivity contribution in [3.8, 4) is 0 Å². The van der Waals surface area contributed by atoms with Crippen LogP contribution >= 0.6 is 0 Å². The molecule has 0 spiro atoms. The van der Waals surface area contributed by atoms with Gasteiger partial charge in [-0.15, -0.1) is 0 Å². The molecule has 1 aliphatic heterocycles. The van der Waals surface area contributed by atoms with Gasteiger partial charge in [0.2, 0.25) is 0 Å². The van der Waals surface area contributed by atoms with Crippen LogP contribution in [0.2, 0.25) is 0 Å². The third-order valence-corrected chi connectivity index (χ3v) is 4.72. The fourth-order valence-electron chi connectivity index (χ4n) is 3.13. The quantitative estimate of drug-likeness (QED) is 0.870. The fourth-order valence-corrected chi connectivity index (χ4v) is 3.13. The standard InChI is InChI=1S/C17H28N2/c1-4-17(10-12-18-13-11-17)14-19(5-2)16-8-6-15(3)7-9-16/h6-9,18H,4-5,10-14H2,1-3H3. The molecule has 0 bridgehead atoms. The zero-order valence-electron chi connectivity index (χ0n) is 12.7. The molecule has 19 heavy (non-hydrogen) atoms. The predicted octanol–water partition coefficient (Wildman–Crippen LogP) is 3.60. The number of benzene rings is 1. The lowest BCUT2D eigenvalue weighted by Gasteiger charge is -2.41. The molecule has 2 rings (SSSR count). The van der Waals surface area contributed by atoms with Gasteiger partial charge in [-0.3, -0.25) is 0 Å². The summed E-state index contributed by atoms with van der Waals surface area (Å²) in [5.74, 6) is 0. The Morgan fingerprint density at radius 3 is 2.26 bits per heavy atom. The van der Waals surface area contributed by atoms with Crippen LogP contribution in [0.15, 0.2) is 24.3 Å². The first kappa shape index (κ1) is 14.4. The molecular weight excluding hydrogens is 232 g/mol. The van der Waals surface area contributed by atoms with Gasteiger partial charge in [-0.25, -0.2) is 0 Å². The van der Waals surface area contributed by atoms with E-state index in [2.05, 4.69) is 55.3 Å². The van der Waals surface area contributed by atoms with E-state index in [0.717, 1.165) is 6.54 Å². The van der Waals surface area contributed by atoms with E-state index in [-0.39, 0.29) is 0 Å². The fraction of sp³-hybridized carbons (Fsp3) is 0.647. The van der Waals surface area contributed by atoms with Crippen molar-refractivity contribution in [3.63, 3.8) is 0 Å². The van der Waals surface area contributed by atoms with Crippen molar-refractivity contribution < 1.29 is 0 Å². The molecule has 1 aromatic rings. The van der Waals surface area contributed by atoms with Crippen LogP contribution in [0.3, 0.4) is 0 Å². The monoisotopic (exact) mass is 260 g/mol. The summed E-state index contributed by atoms with van der Waals surface area (Å²) in [5, 5.41) is 3.49. The summed E-state index contributed by atoms with van der Waals surface area (Å²) in [6, 6.07) is 8.98. The van der Waals surface area contributed by atoms with Crippen LogP contribution in [0, 0.1) is 12.3 Å². The minimum atomic E-state index is 0.506. The molecule has 1 heterocycles. The van der Waals surface area contributed by atoms with Crippen molar-refractivity contribution in [2.45, 2.75) is 40.0 Å². The van der Waals surface area contributed by atoms with E-state index in [9.17, 15) is 0 Å². The predicted molar refractivity (Wildman–Crippen MR) is 83.9 cm³/mol. The highest BCUT2D eigenvalue weighted by atomic mass is 15.1. The highest BCUT2D eigenvalue weighted by Crippen LogP contribution is 2.34. The summed E-state index contributed by atoms with van der Waals surface area (Å²) in [6.45, 7) is 11.4. The zero-order chi connectivity index (χ0) is 13.7. The summed E-state index contributed by atoms with van der Waals surface area (Å²) < 4.78 is 0. The molecule has 0 aliphatic carbocycles. The maximum absolute atomic E-state index is 3.49. The molecule has 1 N–H and O–H groups in total. The number of rotatable bonds is 5. The Hall–Kier alpha value is -1.02. The van der Waals surface area contributed by atoms with E-state index in [1.165, 1.54) is 50.1 Å². The summed E-state index contributed by atoms with van der Waals surface area (Å²) in [5.41, 5.74) is 3.22. The van der Waals surface area contributed by atoms with Gasteiger partial charge in [0.1, 0.15) is 0 Å². The second-order valence-electron chi connectivity index (χ2n) is 5.95. The number of nitrogens with zero attached hydrogens (tertiary/aromatic N) is 1. The van der Waals surface area contributed by atoms with Crippen molar-refractivity contribution in [2.24, 2.45) is 5.41 Å². The first-order valence-electron chi connectivity index (χ1n) is 7.71. The molecule has 0 amide bonds. The highest BCUT2D eigenvalue weighted by molar-refractivity contribution is 5.47. The molecular formula is C17H28N2. The van der Waals surface area contributed by atoms with Crippen molar-refractivity contribution >= 4 is 5.69 Å². The number of piperidine rings is 1. The Balaban J connectivity index is 2.11. The van der Waals surface area contributed by atoms with Crippen LogP contribution in [-0.2, 0) is 0 Å². The van der Waals surface area contributed by atoms with Crippen LogP contribution < -0.4 is 10.2 Å². The van der Waals surface area contributed by atoms with E-state index >= 15 is 0 Å². The maximum atomic E-state index is 3.49. The Bertz CT molecular complexity index is 377. The zero-order valence-corrected chi connectivity index (χ0v) is 12.7. The lowest BCUT2D eigenvalue weighted by atomic mass is 9.76. The number of aryl methyl sites for hydroxylation is 1. The Kier molecular flexibility index (Phi) is 4.87. The van der Waals surface area contributed by atoms with Gasteiger partial charge in [0.05, 0.1) is 0 Å². The van der Waals surface area contributed by atoms with Crippen molar-refractivity contribution in [2.75, 3.05) is 31.1 Å². The highest BCUT2D eigenvalue weighted by Gasteiger charge is 2.31. The van der Waals surface area contributed by atoms with Gasteiger partial charge in [-0.2, -0.15) is 0 Å². The first-order chi connectivity index (χ1) is 9.19. The van der Waals surface area contributed by atoms with Gasteiger partial charge < -0.3 is 10.2 Å². The summed E-state index contributed by atoms with van der Waals surface area (Å²) in [4.78, 5) is 2.55. The van der Waals surface area contributed by atoms with Crippen LogP contribution in [-0.4, -0.2) is 26.2 Å². The van der Waals surface area contributed by atoms with E-state index in [1.807, 2.05) is 0 Å². The molecule has 2 heteroatoms. The topological polar surface area (TPSA) is 15.3 Å². The molecule has 0 aromatic heterocycles. The average molecular weight is 260 g/mol. The first-order valence-corrected chi connectivity index (χ1v) is 7.71. The number of hydrogen-bond donors (Lipinski definition) is 1. The normalized spacial score (nSPS) is 18.3. The molecule has 1 aliphatic rings. The number of nitrogens with one attached hydrogen (secondary N) is 1. The van der Waals surface area contributed by atoms with Gasteiger partial charge in [-0.1, -0.05) is 24.6 Å². The number of anilines is 1. The second kappa shape index (κ2) is 6.42. The molecule has 0 unspecified atom stereocenters. The minimum Gasteiger partial charge on any atom is -0.371 e. The third-order valence-electron chi connectivity index (χ3n) is 4.72. The van der Waals surface area contributed by atoms with Crippen molar-refractivity contribution in [3.05, 3.63) is 29.8 Å². The smallest absolute Gasteiger partial charge is 0.0366 e. The molecule has 0 atom stereocenters. The van der Waals surface area contributed by atoms with Gasteiger partial charge in [-0.05, 0) is 63.7 Å². The summed E-state index contributed by atoms with van der Waals surface area (Å²) >= 11 is 0. The van der Waals surface area contributed by atoms with Crippen LogP contribution in [0.5, 0.6) is 0 Å². The van der Waals surface area contributed by atoms with Crippen molar-refractivity contribution in [1.82, 2.24) is 5.32 Å². The van der Waals surface area contributed by atoms with E-state index in [1.54, 1.807) is 0 Å². The molecule has 1 fully saturated rings. The Morgan fingerprint density at radius 1 is 1.11 bits per heavy atom. The summed E-state index contributed by atoms with van der Waals surface area (Å²) in [6.07, 6.45) is 3.91. The van der Waals surface area contributed by atoms with Gasteiger partial charge >= 0.3 is 0 Å². The molecule has 0 saturated carbocycles. The van der Waals surface area contributed by atoms with Gasteiger partial charge in [0.15, 0.2) is 0 Å². The molecule has 0 radical (unpaired) electrons. The van der Waals surface area contributed by atoms with Crippen LogP contribution in [0.4, 0.5) is 5.69 Å². The number of hydrogen-bond acceptors (Lipinski definition) is 2. The van der Waals surface area contributed by atoms with E-state index < -0.39 is 0 Å². The lowest BCUT2D eigenvalue weighted by molar-refractivity contribution is 0.198. The lowest BCUT2D eigenvalue weighted by Crippen LogP contribution is -2.44. The molecule has 2 nitrogen and oxygen atoms in total. The van der Waals surface area contributed by atoms with E-state index in [0.29, 0.717) is 5.41 Å². The Labute approximate surface area is 118 Å². The minimum absolute atomic E-state index is 0.506. The maximum Gasteiger partial charge on any atom is 0.0366 e. The van der Waals surface area contributed by atoms with E-state index in [4.69, 9.17) is 0 Å². The average Bonchev–Trinajstić information content (AvgIpc) is 2.47. The second-order valence-corrected chi connectivity index (χ2v) is 5.95. The molecule has 106 valence electrons. The Morgan fingerprint density at radius 2 is 1.74 bits per heavy atom. The van der Waals surface area contributed by atoms with Crippen molar-refractivity contribution in [1.29, 1.82) is 0 Å². The largest absolute Gasteiger partial charge is 0.371 e.